The molecule has 0 unspecified atom stereocenters. The Morgan fingerprint density at radius 2 is 1.72 bits per heavy atom. The van der Waals surface area contributed by atoms with Gasteiger partial charge in [0.15, 0.2) is 0 Å². The van der Waals surface area contributed by atoms with Crippen molar-refractivity contribution in [2.24, 2.45) is 20.0 Å². The van der Waals surface area contributed by atoms with E-state index >= 15 is 0 Å². The van der Waals surface area contributed by atoms with Crippen LogP contribution < -0.4 is 16.6 Å². The van der Waals surface area contributed by atoms with Crippen LogP contribution in [0.5, 0.6) is 0 Å². The molecule has 1 fully saturated rings. The van der Waals surface area contributed by atoms with Crippen molar-refractivity contribution in [1.29, 1.82) is 0 Å². The molecule has 0 saturated heterocycles. The van der Waals surface area contributed by atoms with Gasteiger partial charge in [-0.3, -0.25) is 18.7 Å². The summed E-state index contributed by atoms with van der Waals surface area (Å²) in [6, 6.07) is 9.64. The van der Waals surface area contributed by atoms with E-state index in [1.54, 1.807) is 25.2 Å². The zero-order chi connectivity index (χ0) is 22.8. The van der Waals surface area contributed by atoms with Crippen molar-refractivity contribution < 1.29 is 9.18 Å². The van der Waals surface area contributed by atoms with Crippen molar-refractivity contribution in [1.82, 2.24) is 19.4 Å². The van der Waals surface area contributed by atoms with E-state index in [1.165, 1.54) is 23.7 Å². The van der Waals surface area contributed by atoms with Crippen molar-refractivity contribution in [3.05, 3.63) is 74.3 Å². The Morgan fingerprint density at radius 1 is 1.03 bits per heavy atom. The van der Waals surface area contributed by atoms with E-state index in [0.29, 0.717) is 23.5 Å². The third-order valence-electron chi connectivity index (χ3n) is 6.45. The fourth-order valence-electron chi connectivity index (χ4n) is 4.47. The van der Waals surface area contributed by atoms with Gasteiger partial charge in [0.25, 0.3) is 5.56 Å². The molecule has 0 radical (unpaired) electrons. The van der Waals surface area contributed by atoms with E-state index in [1.807, 2.05) is 6.07 Å². The molecule has 0 aliphatic heterocycles. The number of hydrogen-bond acceptors (Lipinski definition) is 4. The van der Waals surface area contributed by atoms with Gasteiger partial charge in [-0.15, -0.1) is 0 Å². The zero-order valence-corrected chi connectivity index (χ0v) is 18.3. The van der Waals surface area contributed by atoms with Crippen molar-refractivity contribution in [3.8, 4) is 0 Å². The molecule has 0 bridgehead atoms. The van der Waals surface area contributed by atoms with Gasteiger partial charge in [-0.2, -0.15) is 0 Å². The summed E-state index contributed by atoms with van der Waals surface area (Å²) in [5.41, 5.74) is 1.40. The highest BCUT2D eigenvalue weighted by Gasteiger charge is 2.24. The highest BCUT2D eigenvalue weighted by atomic mass is 19.1. The molecule has 1 aliphatic carbocycles. The summed E-state index contributed by atoms with van der Waals surface area (Å²) in [6.45, 7) is 0.627. The Balaban J connectivity index is 1.35. The Hall–Kier alpha value is -3.29. The average molecular weight is 439 g/mol. The van der Waals surface area contributed by atoms with Crippen LogP contribution in [0, 0.1) is 11.7 Å². The first-order valence-electron chi connectivity index (χ1n) is 10.9. The molecule has 8 heteroatoms. The van der Waals surface area contributed by atoms with Crippen molar-refractivity contribution in [3.63, 3.8) is 0 Å². The molecule has 0 atom stereocenters. The summed E-state index contributed by atoms with van der Waals surface area (Å²) in [6.07, 6.45) is 4.06. The summed E-state index contributed by atoms with van der Waals surface area (Å²) in [5, 5.41) is 3.44. The van der Waals surface area contributed by atoms with E-state index in [2.05, 4.69) is 10.3 Å². The fraction of sp³-hybridized carbons (Fsp3) is 0.417. The SMILES string of the molecule is Cn1c(=O)c2ccc(C3CCC(CNC(=O)Cc4ccc(F)cc4)CC3)nc2n(C)c1=O. The normalized spacial score (nSPS) is 18.6. The number of fused-ring (bicyclic) bond motifs is 1. The third kappa shape index (κ3) is 4.49. The quantitative estimate of drug-likeness (QED) is 0.663. The topological polar surface area (TPSA) is 86.0 Å². The predicted molar refractivity (Wildman–Crippen MR) is 120 cm³/mol. The Labute approximate surface area is 184 Å². The first-order chi connectivity index (χ1) is 15.3. The largest absolute Gasteiger partial charge is 0.356 e. The van der Waals surface area contributed by atoms with Crippen LogP contribution in [0.3, 0.4) is 0 Å². The molecule has 2 heterocycles. The van der Waals surface area contributed by atoms with Gasteiger partial charge in [-0.05, 0) is 61.4 Å². The lowest BCUT2D eigenvalue weighted by Gasteiger charge is -2.28. The number of pyridine rings is 1. The highest BCUT2D eigenvalue weighted by molar-refractivity contribution is 5.78. The predicted octanol–water partition coefficient (Wildman–Crippen LogP) is 2.40. The van der Waals surface area contributed by atoms with Gasteiger partial charge in [0.1, 0.15) is 11.5 Å². The first kappa shape index (κ1) is 21.9. The standard InChI is InChI=1S/C24H27FN4O3/c1-28-22-19(23(31)29(2)24(28)32)11-12-20(27-22)17-7-3-16(4-8-17)14-26-21(30)13-15-5-9-18(25)10-6-15/h5-6,9-12,16-17H,3-4,7-8,13-14H2,1-2H3,(H,26,30). The molecule has 1 saturated carbocycles. The minimum absolute atomic E-state index is 0.0579. The maximum atomic E-state index is 13.0. The highest BCUT2D eigenvalue weighted by Crippen LogP contribution is 2.35. The number of rotatable bonds is 5. The van der Waals surface area contributed by atoms with Crippen LogP contribution in [0.2, 0.25) is 0 Å². The van der Waals surface area contributed by atoms with Crippen LogP contribution in [0.15, 0.2) is 46.0 Å². The van der Waals surface area contributed by atoms with Gasteiger partial charge < -0.3 is 5.32 Å². The fourth-order valence-corrected chi connectivity index (χ4v) is 4.47. The molecule has 168 valence electrons. The van der Waals surface area contributed by atoms with Crippen LogP contribution in [0.4, 0.5) is 4.39 Å². The summed E-state index contributed by atoms with van der Waals surface area (Å²) < 4.78 is 15.5. The smallest absolute Gasteiger partial charge is 0.332 e. The lowest BCUT2D eigenvalue weighted by atomic mass is 9.80. The lowest BCUT2D eigenvalue weighted by molar-refractivity contribution is -0.120. The maximum absolute atomic E-state index is 13.0. The van der Waals surface area contributed by atoms with Gasteiger partial charge in [0.2, 0.25) is 5.91 Å². The first-order valence-corrected chi connectivity index (χ1v) is 10.9. The molecule has 3 aromatic rings. The summed E-state index contributed by atoms with van der Waals surface area (Å²) in [7, 11) is 3.10. The van der Waals surface area contributed by atoms with E-state index in [0.717, 1.165) is 41.5 Å². The molecule has 1 N–H and O–H groups in total. The van der Waals surface area contributed by atoms with E-state index in [-0.39, 0.29) is 35.3 Å². The van der Waals surface area contributed by atoms with Gasteiger partial charge in [0.05, 0.1) is 11.8 Å². The third-order valence-corrected chi connectivity index (χ3v) is 6.45. The van der Waals surface area contributed by atoms with Crippen LogP contribution in [0.25, 0.3) is 11.0 Å². The number of halogens is 1. The van der Waals surface area contributed by atoms with Crippen LogP contribution in [-0.2, 0) is 25.3 Å². The number of aromatic nitrogens is 3. The van der Waals surface area contributed by atoms with Crippen molar-refractivity contribution in [2.75, 3.05) is 6.54 Å². The molecular formula is C24H27FN4O3. The molecule has 32 heavy (non-hydrogen) atoms. The molecule has 2 aromatic heterocycles. The molecule has 7 nitrogen and oxygen atoms in total. The number of amides is 1. The number of carbonyl (C=O) groups is 1. The molecule has 1 amide bonds. The van der Waals surface area contributed by atoms with E-state index < -0.39 is 0 Å². The van der Waals surface area contributed by atoms with Gasteiger partial charge in [0, 0.05) is 32.3 Å². The monoisotopic (exact) mass is 438 g/mol. The number of aryl methyl sites for hydroxylation is 1. The number of hydrogen-bond donors (Lipinski definition) is 1. The minimum atomic E-state index is -0.382. The van der Waals surface area contributed by atoms with Gasteiger partial charge in [-0.25, -0.2) is 14.2 Å². The van der Waals surface area contributed by atoms with E-state index in [9.17, 15) is 18.8 Å². The minimum Gasteiger partial charge on any atom is -0.356 e. The van der Waals surface area contributed by atoms with Crippen LogP contribution in [0.1, 0.15) is 42.9 Å². The molecule has 4 rings (SSSR count). The average Bonchev–Trinajstić information content (AvgIpc) is 2.81. The zero-order valence-electron chi connectivity index (χ0n) is 18.3. The molecule has 0 spiro atoms. The second kappa shape index (κ2) is 9.06. The molecule has 1 aromatic carbocycles. The summed E-state index contributed by atoms with van der Waals surface area (Å²) in [5.74, 6) is 0.305. The number of benzene rings is 1. The lowest BCUT2D eigenvalue weighted by Crippen LogP contribution is -2.37. The second-order valence-electron chi connectivity index (χ2n) is 8.64. The molecule has 1 aliphatic rings. The summed E-state index contributed by atoms with van der Waals surface area (Å²) >= 11 is 0. The van der Waals surface area contributed by atoms with Crippen LogP contribution >= 0.6 is 0 Å². The molecular weight excluding hydrogens is 411 g/mol. The van der Waals surface area contributed by atoms with Crippen molar-refractivity contribution in [2.45, 2.75) is 38.0 Å². The van der Waals surface area contributed by atoms with Gasteiger partial charge in [-0.1, -0.05) is 12.1 Å². The maximum Gasteiger partial charge on any atom is 0.332 e. The number of carbonyl (C=O) groups excluding carboxylic acids is 1. The van der Waals surface area contributed by atoms with E-state index in [4.69, 9.17) is 0 Å². The number of nitrogens with one attached hydrogen (secondary N) is 1. The Morgan fingerprint density at radius 3 is 2.41 bits per heavy atom. The van der Waals surface area contributed by atoms with Gasteiger partial charge >= 0.3 is 5.69 Å². The Bertz CT molecular complexity index is 1260. The number of nitrogens with zero attached hydrogens (tertiary/aromatic N) is 3. The van der Waals surface area contributed by atoms with Crippen molar-refractivity contribution >= 4 is 16.9 Å². The van der Waals surface area contributed by atoms with Crippen LogP contribution in [-0.4, -0.2) is 26.6 Å². The summed E-state index contributed by atoms with van der Waals surface area (Å²) in [4.78, 5) is 41.4. The second-order valence-corrected chi connectivity index (χ2v) is 8.64. The Kier molecular flexibility index (Phi) is 6.21.